The summed E-state index contributed by atoms with van der Waals surface area (Å²) in [4.78, 5) is 2.01. The number of rotatable bonds is 4. The maximum Gasteiger partial charge on any atom is 1.00 e. The van der Waals surface area contributed by atoms with Crippen LogP contribution in [0.2, 0.25) is 0 Å². The van der Waals surface area contributed by atoms with E-state index in [0.29, 0.717) is 4.32 Å². The minimum atomic E-state index is 0. The molecule has 0 saturated heterocycles. The van der Waals surface area contributed by atoms with Crippen LogP contribution >= 0.6 is 12.2 Å². The van der Waals surface area contributed by atoms with Crippen molar-refractivity contribution in [2.75, 3.05) is 11.4 Å². The molecular formula is C11H14CuNS2. The fraction of sp³-hybridized carbons (Fsp3) is 0.364. The minimum absolute atomic E-state index is 0. The first-order valence-electron chi connectivity index (χ1n) is 4.79. The first kappa shape index (κ1) is 14.8. The van der Waals surface area contributed by atoms with Crippen molar-refractivity contribution in [3.8, 4) is 0 Å². The Labute approximate surface area is 113 Å². The molecule has 0 aliphatic carbocycles. The summed E-state index contributed by atoms with van der Waals surface area (Å²) in [7, 11) is 0. The Morgan fingerprint density at radius 2 is 1.93 bits per heavy atom. The van der Waals surface area contributed by atoms with E-state index in [1.54, 1.807) is 0 Å². The average Bonchev–Trinajstić information content (AvgIpc) is 2.19. The summed E-state index contributed by atoms with van der Waals surface area (Å²) in [5.41, 5.74) is 1.10. The van der Waals surface area contributed by atoms with Gasteiger partial charge in [-0.2, -0.15) is 0 Å². The van der Waals surface area contributed by atoms with E-state index >= 15 is 0 Å². The summed E-state index contributed by atoms with van der Waals surface area (Å²) in [6, 6.07) is 10.1. The van der Waals surface area contributed by atoms with Crippen LogP contribution < -0.4 is 4.90 Å². The predicted molar refractivity (Wildman–Crippen MR) is 68.7 cm³/mol. The van der Waals surface area contributed by atoms with Gasteiger partial charge in [0.1, 0.15) is 0 Å². The van der Waals surface area contributed by atoms with Crippen LogP contribution in [-0.4, -0.2) is 10.9 Å². The topological polar surface area (TPSA) is 3.24 Å². The largest absolute Gasteiger partial charge is 1.00 e. The molecule has 15 heavy (non-hydrogen) atoms. The summed E-state index contributed by atoms with van der Waals surface area (Å²) in [6.07, 6.45) is 2.27. The van der Waals surface area contributed by atoms with Crippen LogP contribution in [0.5, 0.6) is 0 Å². The van der Waals surface area contributed by atoms with Gasteiger partial charge in [0.05, 0.1) is 0 Å². The minimum Gasteiger partial charge on any atom is -0.411 e. The summed E-state index contributed by atoms with van der Waals surface area (Å²) in [6.45, 7) is 3.08. The molecule has 0 saturated carbocycles. The molecule has 1 rings (SSSR count). The molecule has 4 heteroatoms. The average molecular weight is 288 g/mol. The van der Waals surface area contributed by atoms with Crippen molar-refractivity contribution in [1.82, 2.24) is 0 Å². The number of hydrogen-bond acceptors (Lipinski definition) is 2. The van der Waals surface area contributed by atoms with Crippen LogP contribution in [0.15, 0.2) is 30.3 Å². The van der Waals surface area contributed by atoms with Crippen molar-refractivity contribution in [3.63, 3.8) is 0 Å². The van der Waals surface area contributed by atoms with E-state index in [2.05, 4.69) is 6.92 Å². The van der Waals surface area contributed by atoms with Crippen LogP contribution in [0.4, 0.5) is 5.69 Å². The number of benzene rings is 1. The third-order valence-electron chi connectivity index (χ3n) is 2.02. The first-order chi connectivity index (χ1) is 6.75. The molecule has 0 aliphatic heterocycles. The SMILES string of the molecule is CCCCN(C(=S)[S-])c1ccccc1.[Cu+]. The number of anilines is 1. The third kappa shape index (κ3) is 4.94. The Balaban J connectivity index is 0.00000196. The van der Waals surface area contributed by atoms with Crippen molar-refractivity contribution in [1.29, 1.82) is 0 Å². The Morgan fingerprint density at radius 1 is 1.33 bits per heavy atom. The van der Waals surface area contributed by atoms with E-state index in [0.717, 1.165) is 25.1 Å². The van der Waals surface area contributed by atoms with E-state index in [1.165, 1.54) is 0 Å². The van der Waals surface area contributed by atoms with E-state index in [1.807, 2.05) is 35.2 Å². The smallest absolute Gasteiger partial charge is 0.411 e. The van der Waals surface area contributed by atoms with Crippen LogP contribution in [-0.2, 0) is 29.7 Å². The van der Waals surface area contributed by atoms with Gasteiger partial charge >= 0.3 is 17.1 Å². The second kappa shape index (κ2) is 8.05. The third-order valence-corrected chi connectivity index (χ3v) is 2.46. The van der Waals surface area contributed by atoms with Crippen molar-refractivity contribution >= 4 is 34.9 Å². The van der Waals surface area contributed by atoms with Gasteiger partial charge < -0.3 is 29.7 Å². The van der Waals surface area contributed by atoms with Gasteiger partial charge in [-0.15, -0.1) is 0 Å². The molecule has 0 spiro atoms. The quantitative estimate of drug-likeness (QED) is 0.476. The molecule has 0 aliphatic rings. The molecule has 0 N–H and O–H groups in total. The molecule has 0 aromatic heterocycles. The molecule has 0 unspecified atom stereocenters. The number of thiocarbonyl (C=S) groups is 1. The van der Waals surface area contributed by atoms with Gasteiger partial charge in [-0.25, -0.2) is 0 Å². The zero-order valence-electron chi connectivity index (χ0n) is 8.57. The normalized spacial score (nSPS) is 9.13. The molecule has 0 bridgehead atoms. The number of hydrogen-bond donors (Lipinski definition) is 0. The molecule has 1 aromatic rings. The Hall–Kier alpha value is -0.151. The fourth-order valence-corrected chi connectivity index (χ4v) is 1.64. The van der Waals surface area contributed by atoms with Gasteiger partial charge in [-0.3, -0.25) is 0 Å². The molecule has 0 radical (unpaired) electrons. The summed E-state index contributed by atoms with van der Waals surface area (Å²) in [5, 5.41) is 0. The molecule has 0 heterocycles. The molecule has 86 valence electrons. The van der Waals surface area contributed by atoms with Crippen LogP contribution in [0, 0.1) is 0 Å². The van der Waals surface area contributed by atoms with Gasteiger partial charge in [-0.1, -0.05) is 35.9 Å². The molecule has 1 aromatic carbocycles. The van der Waals surface area contributed by atoms with E-state index in [-0.39, 0.29) is 17.1 Å². The second-order valence-electron chi connectivity index (χ2n) is 3.11. The zero-order chi connectivity index (χ0) is 10.4. The van der Waals surface area contributed by atoms with Crippen molar-refractivity contribution in [2.24, 2.45) is 0 Å². The van der Waals surface area contributed by atoms with E-state index in [9.17, 15) is 0 Å². The number of unbranched alkanes of at least 4 members (excludes halogenated alkanes) is 1. The summed E-state index contributed by atoms with van der Waals surface area (Å²) < 4.78 is 0.532. The Bertz CT molecular complexity index is 290. The maximum absolute atomic E-state index is 5.05. The van der Waals surface area contributed by atoms with Crippen LogP contribution in [0.25, 0.3) is 0 Å². The summed E-state index contributed by atoms with van der Waals surface area (Å²) >= 11 is 10.1. The molecule has 0 amide bonds. The number of para-hydroxylation sites is 1. The van der Waals surface area contributed by atoms with E-state index < -0.39 is 0 Å². The molecular weight excluding hydrogens is 274 g/mol. The Morgan fingerprint density at radius 3 is 2.40 bits per heavy atom. The monoisotopic (exact) mass is 287 g/mol. The van der Waals surface area contributed by atoms with Gasteiger partial charge in [0.25, 0.3) is 0 Å². The maximum atomic E-state index is 5.05. The standard InChI is InChI=1S/C11H15NS2.Cu/c1-2-3-9-12(11(13)14)10-7-5-4-6-8-10;/h4-8H,2-3,9H2,1H3,(H,13,14);/q;+1/p-1. The van der Waals surface area contributed by atoms with Crippen molar-refractivity contribution < 1.29 is 17.1 Å². The summed E-state index contributed by atoms with van der Waals surface area (Å²) in [5.74, 6) is 0. The van der Waals surface area contributed by atoms with Gasteiger partial charge in [0.2, 0.25) is 0 Å². The van der Waals surface area contributed by atoms with Gasteiger partial charge in [-0.05, 0) is 18.6 Å². The van der Waals surface area contributed by atoms with Crippen LogP contribution in [0.3, 0.4) is 0 Å². The Kier molecular flexibility index (Phi) is 7.97. The van der Waals surface area contributed by atoms with Crippen LogP contribution in [0.1, 0.15) is 19.8 Å². The van der Waals surface area contributed by atoms with Crippen molar-refractivity contribution in [3.05, 3.63) is 30.3 Å². The first-order valence-corrected chi connectivity index (χ1v) is 5.61. The fourth-order valence-electron chi connectivity index (χ4n) is 1.25. The predicted octanol–water partition coefficient (Wildman–Crippen LogP) is 3.12. The molecule has 1 nitrogen and oxygen atoms in total. The zero-order valence-corrected chi connectivity index (χ0v) is 11.1. The number of nitrogens with zero attached hydrogens (tertiary/aromatic N) is 1. The second-order valence-corrected chi connectivity index (χ2v) is 4.14. The van der Waals surface area contributed by atoms with E-state index in [4.69, 9.17) is 24.8 Å². The van der Waals surface area contributed by atoms with Crippen molar-refractivity contribution in [2.45, 2.75) is 19.8 Å². The van der Waals surface area contributed by atoms with Gasteiger partial charge in [0, 0.05) is 12.2 Å². The molecule has 0 atom stereocenters. The molecule has 0 fully saturated rings. The van der Waals surface area contributed by atoms with Gasteiger partial charge in [0.15, 0.2) is 0 Å².